The van der Waals surface area contributed by atoms with Crippen LogP contribution in [0.3, 0.4) is 0 Å². The molecule has 76 valence electrons. The average molecular weight is 200 g/mol. The largest absolute Gasteiger partial charge is 0.364 e. The van der Waals surface area contributed by atoms with Gasteiger partial charge in [0.05, 0.1) is 5.69 Å². The zero-order valence-corrected chi connectivity index (χ0v) is 8.21. The number of anilines is 1. The molecule has 15 heavy (non-hydrogen) atoms. The fourth-order valence-corrected chi connectivity index (χ4v) is 1.22. The lowest BCUT2D eigenvalue weighted by Crippen LogP contribution is -2.34. The third-order valence-electron chi connectivity index (χ3n) is 1.96. The van der Waals surface area contributed by atoms with Crippen LogP contribution in [0.1, 0.15) is 0 Å². The van der Waals surface area contributed by atoms with Crippen LogP contribution in [-0.2, 0) is 0 Å². The van der Waals surface area contributed by atoms with Gasteiger partial charge in [-0.05, 0) is 24.3 Å². The fourth-order valence-electron chi connectivity index (χ4n) is 1.22. The standard InChI is InChI=1S/C12H12N2O/c13-14(11-7-3-1-4-8-11)15-12-9-5-2-6-10-12/h1-10H,13H2. The maximum Gasteiger partial charge on any atom is 0.157 e. The van der Waals surface area contributed by atoms with E-state index in [0.717, 1.165) is 5.69 Å². The first-order valence-corrected chi connectivity index (χ1v) is 4.69. The predicted octanol–water partition coefficient (Wildman–Crippen LogP) is 2.36. The van der Waals surface area contributed by atoms with Gasteiger partial charge in [0.2, 0.25) is 0 Å². The predicted molar refractivity (Wildman–Crippen MR) is 60.2 cm³/mol. The third-order valence-corrected chi connectivity index (χ3v) is 1.96. The van der Waals surface area contributed by atoms with Gasteiger partial charge >= 0.3 is 0 Å². The van der Waals surface area contributed by atoms with Gasteiger partial charge in [-0.3, -0.25) is 0 Å². The first-order chi connectivity index (χ1) is 7.36. The van der Waals surface area contributed by atoms with Crippen molar-refractivity contribution in [3.63, 3.8) is 0 Å². The summed E-state index contributed by atoms with van der Waals surface area (Å²) in [6.45, 7) is 0. The lowest BCUT2D eigenvalue weighted by Gasteiger charge is -2.18. The third kappa shape index (κ3) is 2.48. The molecule has 2 rings (SSSR count). The molecule has 0 atom stereocenters. The molecule has 2 aromatic carbocycles. The highest BCUT2D eigenvalue weighted by atomic mass is 16.7. The van der Waals surface area contributed by atoms with Gasteiger partial charge in [-0.25, -0.2) is 5.84 Å². The topological polar surface area (TPSA) is 38.5 Å². The van der Waals surface area contributed by atoms with Crippen LogP contribution in [-0.4, -0.2) is 0 Å². The molecule has 0 aromatic heterocycles. The lowest BCUT2D eigenvalue weighted by molar-refractivity contribution is 0.282. The van der Waals surface area contributed by atoms with Crippen molar-refractivity contribution in [2.45, 2.75) is 0 Å². The van der Waals surface area contributed by atoms with Gasteiger partial charge in [0.15, 0.2) is 5.75 Å². The second kappa shape index (κ2) is 4.48. The molecule has 0 heterocycles. The average Bonchev–Trinajstić information content (AvgIpc) is 2.31. The van der Waals surface area contributed by atoms with E-state index in [0.29, 0.717) is 5.75 Å². The first-order valence-electron chi connectivity index (χ1n) is 4.69. The Morgan fingerprint density at radius 2 is 1.33 bits per heavy atom. The molecule has 0 aliphatic rings. The molecule has 0 bridgehead atoms. The van der Waals surface area contributed by atoms with Crippen LogP contribution in [0.15, 0.2) is 60.7 Å². The Morgan fingerprint density at radius 3 is 1.93 bits per heavy atom. The summed E-state index contributed by atoms with van der Waals surface area (Å²) < 4.78 is 0. The van der Waals surface area contributed by atoms with Crippen molar-refractivity contribution in [2.24, 2.45) is 5.84 Å². The number of nitrogens with zero attached hydrogens (tertiary/aromatic N) is 1. The molecular weight excluding hydrogens is 188 g/mol. The number of benzene rings is 2. The van der Waals surface area contributed by atoms with E-state index in [9.17, 15) is 0 Å². The minimum Gasteiger partial charge on any atom is -0.364 e. The minimum atomic E-state index is 0.712. The highest BCUT2D eigenvalue weighted by Crippen LogP contribution is 2.14. The van der Waals surface area contributed by atoms with Crippen molar-refractivity contribution >= 4 is 5.69 Å². The van der Waals surface area contributed by atoms with Crippen molar-refractivity contribution in [3.8, 4) is 5.75 Å². The van der Waals surface area contributed by atoms with Crippen LogP contribution in [0.4, 0.5) is 5.69 Å². The van der Waals surface area contributed by atoms with Gasteiger partial charge in [0.25, 0.3) is 0 Å². The van der Waals surface area contributed by atoms with Gasteiger partial charge < -0.3 is 4.84 Å². The number of hydrogen-bond acceptors (Lipinski definition) is 3. The van der Waals surface area contributed by atoms with E-state index < -0.39 is 0 Å². The molecule has 0 amide bonds. The van der Waals surface area contributed by atoms with Crippen molar-refractivity contribution < 1.29 is 4.84 Å². The minimum absolute atomic E-state index is 0.712. The Labute approximate surface area is 88.6 Å². The molecule has 0 aliphatic heterocycles. The highest BCUT2D eigenvalue weighted by Gasteiger charge is 2.01. The zero-order chi connectivity index (χ0) is 10.5. The number of para-hydroxylation sites is 2. The number of rotatable bonds is 3. The van der Waals surface area contributed by atoms with Crippen molar-refractivity contribution in [1.29, 1.82) is 0 Å². The summed E-state index contributed by atoms with van der Waals surface area (Å²) in [5.74, 6) is 6.45. The molecule has 2 N–H and O–H groups in total. The summed E-state index contributed by atoms with van der Waals surface area (Å²) >= 11 is 0. The Balaban J connectivity index is 2.08. The Bertz CT molecular complexity index is 402. The quantitative estimate of drug-likeness (QED) is 0.610. The van der Waals surface area contributed by atoms with Crippen LogP contribution < -0.4 is 15.9 Å². The molecule has 0 spiro atoms. The monoisotopic (exact) mass is 200 g/mol. The Morgan fingerprint density at radius 1 is 0.800 bits per heavy atom. The number of hydrogen-bond donors (Lipinski definition) is 1. The number of nitrogens with two attached hydrogens (primary N) is 1. The van der Waals surface area contributed by atoms with E-state index in [1.165, 1.54) is 5.17 Å². The van der Waals surface area contributed by atoms with Crippen molar-refractivity contribution in [2.75, 3.05) is 5.17 Å². The zero-order valence-electron chi connectivity index (χ0n) is 8.21. The van der Waals surface area contributed by atoms with Crippen molar-refractivity contribution in [1.82, 2.24) is 0 Å². The molecule has 0 unspecified atom stereocenters. The second-order valence-electron chi connectivity index (χ2n) is 3.07. The molecule has 3 nitrogen and oxygen atoms in total. The number of hydrazine groups is 1. The maximum absolute atomic E-state index is 5.74. The molecule has 3 heteroatoms. The van der Waals surface area contributed by atoms with Crippen LogP contribution in [0.5, 0.6) is 5.75 Å². The molecular formula is C12H12N2O. The first kappa shape index (κ1) is 9.55. The van der Waals surface area contributed by atoms with Crippen LogP contribution in [0.2, 0.25) is 0 Å². The van der Waals surface area contributed by atoms with E-state index >= 15 is 0 Å². The second-order valence-corrected chi connectivity index (χ2v) is 3.07. The molecule has 0 radical (unpaired) electrons. The Kier molecular flexibility index (Phi) is 2.85. The maximum atomic E-state index is 5.74. The van der Waals surface area contributed by atoms with E-state index in [1.807, 2.05) is 60.7 Å². The molecule has 2 aromatic rings. The molecule has 0 saturated heterocycles. The van der Waals surface area contributed by atoms with Crippen LogP contribution >= 0.6 is 0 Å². The van der Waals surface area contributed by atoms with Gasteiger partial charge in [-0.15, -0.1) is 5.17 Å². The summed E-state index contributed by atoms with van der Waals surface area (Å²) in [5, 5.41) is 1.25. The van der Waals surface area contributed by atoms with E-state index in [2.05, 4.69) is 0 Å². The molecule has 0 fully saturated rings. The lowest BCUT2D eigenvalue weighted by atomic mass is 10.3. The van der Waals surface area contributed by atoms with E-state index in [-0.39, 0.29) is 0 Å². The van der Waals surface area contributed by atoms with Gasteiger partial charge in [0, 0.05) is 0 Å². The molecule has 0 saturated carbocycles. The Hall–Kier alpha value is -2.00. The van der Waals surface area contributed by atoms with Gasteiger partial charge in [-0.1, -0.05) is 36.4 Å². The summed E-state index contributed by atoms with van der Waals surface area (Å²) in [6.07, 6.45) is 0. The summed E-state index contributed by atoms with van der Waals surface area (Å²) in [7, 11) is 0. The smallest absolute Gasteiger partial charge is 0.157 e. The highest BCUT2D eigenvalue weighted by molar-refractivity contribution is 5.42. The van der Waals surface area contributed by atoms with Gasteiger partial charge in [-0.2, -0.15) is 0 Å². The summed E-state index contributed by atoms with van der Waals surface area (Å²) in [5.41, 5.74) is 0.807. The van der Waals surface area contributed by atoms with Crippen molar-refractivity contribution in [3.05, 3.63) is 60.7 Å². The van der Waals surface area contributed by atoms with E-state index in [4.69, 9.17) is 10.7 Å². The molecule has 0 aliphatic carbocycles. The fraction of sp³-hybridized carbons (Fsp3) is 0. The summed E-state index contributed by atoms with van der Waals surface area (Å²) in [6, 6.07) is 18.9. The van der Waals surface area contributed by atoms with Crippen LogP contribution in [0, 0.1) is 0 Å². The SMILES string of the molecule is NN(Oc1ccccc1)c1ccccc1. The van der Waals surface area contributed by atoms with Gasteiger partial charge in [0.1, 0.15) is 0 Å². The summed E-state index contributed by atoms with van der Waals surface area (Å²) in [4.78, 5) is 5.41. The van der Waals surface area contributed by atoms with E-state index in [1.54, 1.807) is 0 Å². The van der Waals surface area contributed by atoms with Crippen LogP contribution in [0.25, 0.3) is 0 Å². The normalized spacial score (nSPS) is 9.67.